The maximum Gasteiger partial charge on any atom is 0.307 e. The van der Waals surface area contributed by atoms with Gasteiger partial charge in [-0.25, -0.2) is 0 Å². The van der Waals surface area contributed by atoms with Gasteiger partial charge in [-0.2, -0.15) is 11.8 Å². The molecule has 1 saturated carbocycles. The van der Waals surface area contributed by atoms with Crippen LogP contribution in [0.3, 0.4) is 0 Å². The summed E-state index contributed by atoms with van der Waals surface area (Å²) in [6, 6.07) is -0.181. The van der Waals surface area contributed by atoms with Crippen LogP contribution in [0.1, 0.15) is 13.3 Å². The van der Waals surface area contributed by atoms with Crippen molar-refractivity contribution in [3.8, 4) is 0 Å². The fraction of sp³-hybridized carbons (Fsp3) is 0.714. The number of aliphatic hydroxyl groups excluding tert-OH is 1. The van der Waals surface area contributed by atoms with Crippen LogP contribution in [-0.4, -0.2) is 46.2 Å². The number of fused-ring (bicyclic) bond motifs is 2. The average molecular weight is 299 g/mol. The van der Waals surface area contributed by atoms with Crippen LogP contribution in [0.5, 0.6) is 0 Å². The summed E-state index contributed by atoms with van der Waals surface area (Å²) in [5, 5.41) is 21.4. The van der Waals surface area contributed by atoms with Crippen molar-refractivity contribution in [3.63, 3.8) is 0 Å². The number of amides is 1. The second-order valence-electron chi connectivity index (χ2n) is 5.59. The molecule has 2 aliphatic carbocycles. The highest BCUT2D eigenvalue weighted by Gasteiger charge is 2.51. The Bertz CT molecular complexity index is 421. The largest absolute Gasteiger partial charge is 0.481 e. The molecule has 0 aromatic heterocycles. The Morgan fingerprint density at radius 1 is 1.35 bits per heavy atom. The Balaban J connectivity index is 2.05. The first kappa shape index (κ1) is 15.4. The molecular formula is C14H21NO4S. The number of allylic oxidation sites excluding steroid dienone is 2. The zero-order valence-corrected chi connectivity index (χ0v) is 12.5. The summed E-state index contributed by atoms with van der Waals surface area (Å²) in [5.74, 6) is -2.16. The Morgan fingerprint density at radius 2 is 1.95 bits per heavy atom. The van der Waals surface area contributed by atoms with Crippen molar-refractivity contribution >= 4 is 23.6 Å². The van der Waals surface area contributed by atoms with Crippen LogP contribution in [0, 0.1) is 23.7 Å². The molecule has 6 atom stereocenters. The standard InChI is InChI=1S/C14H21NO4S/c1-7(10(6-16)20-2)15-13(17)11-8-3-4-9(5-8)12(11)14(18)19/h3-4,7-12,16H,5-6H2,1-2H3,(H,15,17)(H,18,19)/t7?,8?,9?,10?,11-,12+/m0/s1. The van der Waals surface area contributed by atoms with Gasteiger partial charge in [0.25, 0.3) is 0 Å². The molecule has 0 radical (unpaired) electrons. The number of aliphatic carboxylic acids is 1. The summed E-state index contributed by atoms with van der Waals surface area (Å²) in [6.45, 7) is 1.83. The maximum atomic E-state index is 12.4. The van der Waals surface area contributed by atoms with Crippen molar-refractivity contribution in [2.24, 2.45) is 23.7 Å². The molecule has 112 valence electrons. The molecule has 0 saturated heterocycles. The van der Waals surface area contributed by atoms with Gasteiger partial charge < -0.3 is 15.5 Å². The van der Waals surface area contributed by atoms with E-state index >= 15 is 0 Å². The normalized spacial score (nSPS) is 34.0. The number of aliphatic hydroxyl groups is 1. The highest BCUT2D eigenvalue weighted by molar-refractivity contribution is 7.99. The van der Waals surface area contributed by atoms with E-state index in [4.69, 9.17) is 0 Å². The minimum absolute atomic E-state index is 0.0123. The smallest absolute Gasteiger partial charge is 0.307 e. The van der Waals surface area contributed by atoms with Crippen molar-refractivity contribution in [2.45, 2.75) is 24.6 Å². The molecule has 1 fully saturated rings. The van der Waals surface area contributed by atoms with Gasteiger partial charge in [-0.3, -0.25) is 9.59 Å². The van der Waals surface area contributed by atoms with Gasteiger partial charge in [-0.15, -0.1) is 0 Å². The van der Waals surface area contributed by atoms with E-state index in [1.807, 2.05) is 25.3 Å². The second-order valence-corrected chi connectivity index (χ2v) is 6.67. The van der Waals surface area contributed by atoms with Crippen molar-refractivity contribution in [1.29, 1.82) is 0 Å². The first-order valence-electron chi connectivity index (χ1n) is 6.84. The topological polar surface area (TPSA) is 86.6 Å². The first-order valence-corrected chi connectivity index (χ1v) is 8.13. The van der Waals surface area contributed by atoms with Crippen molar-refractivity contribution in [2.75, 3.05) is 12.9 Å². The Labute approximate surface area is 122 Å². The Hall–Kier alpha value is -1.01. The van der Waals surface area contributed by atoms with E-state index in [0.29, 0.717) is 0 Å². The maximum absolute atomic E-state index is 12.4. The Kier molecular flexibility index (Phi) is 4.75. The highest BCUT2D eigenvalue weighted by atomic mass is 32.2. The van der Waals surface area contributed by atoms with Crippen molar-refractivity contribution < 1.29 is 19.8 Å². The third-order valence-corrected chi connectivity index (χ3v) is 5.62. The van der Waals surface area contributed by atoms with Crippen molar-refractivity contribution in [3.05, 3.63) is 12.2 Å². The van der Waals surface area contributed by atoms with Gasteiger partial charge >= 0.3 is 5.97 Å². The molecule has 4 unspecified atom stereocenters. The number of rotatable bonds is 6. The lowest BCUT2D eigenvalue weighted by atomic mass is 9.82. The monoisotopic (exact) mass is 299 g/mol. The van der Waals surface area contributed by atoms with E-state index in [-0.39, 0.29) is 35.6 Å². The summed E-state index contributed by atoms with van der Waals surface area (Å²) in [7, 11) is 0. The number of thioether (sulfide) groups is 1. The van der Waals surface area contributed by atoms with Gasteiger partial charge in [0.05, 0.1) is 18.4 Å². The van der Waals surface area contributed by atoms with Gasteiger partial charge in [-0.1, -0.05) is 12.2 Å². The molecule has 6 heteroatoms. The minimum atomic E-state index is -0.891. The lowest BCUT2D eigenvalue weighted by Gasteiger charge is -2.28. The fourth-order valence-corrected chi connectivity index (χ4v) is 3.99. The number of carbonyl (C=O) groups is 2. The quantitative estimate of drug-likeness (QED) is 0.630. The molecule has 0 aliphatic heterocycles. The van der Waals surface area contributed by atoms with Gasteiger partial charge in [0, 0.05) is 11.3 Å². The third-order valence-electron chi connectivity index (χ3n) is 4.46. The molecule has 20 heavy (non-hydrogen) atoms. The molecule has 0 heterocycles. The number of carbonyl (C=O) groups excluding carboxylic acids is 1. The number of nitrogens with one attached hydrogen (secondary N) is 1. The molecule has 2 aliphatic rings. The summed E-state index contributed by atoms with van der Waals surface area (Å²) in [4.78, 5) is 23.8. The molecule has 2 bridgehead atoms. The van der Waals surface area contributed by atoms with Gasteiger partial charge in [0.2, 0.25) is 5.91 Å². The molecule has 0 aromatic carbocycles. The van der Waals surface area contributed by atoms with E-state index in [0.717, 1.165) is 6.42 Å². The van der Waals surface area contributed by atoms with Crippen LogP contribution in [-0.2, 0) is 9.59 Å². The van der Waals surface area contributed by atoms with Gasteiger partial charge in [0.1, 0.15) is 0 Å². The summed E-state index contributed by atoms with van der Waals surface area (Å²) >= 11 is 1.49. The van der Waals surface area contributed by atoms with Crippen LogP contribution in [0.25, 0.3) is 0 Å². The highest BCUT2D eigenvalue weighted by Crippen LogP contribution is 2.48. The summed E-state index contributed by atoms with van der Waals surface area (Å²) in [6.07, 6.45) is 6.53. The van der Waals surface area contributed by atoms with E-state index in [1.54, 1.807) is 0 Å². The molecule has 1 amide bonds. The van der Waals surface area contributed by atoms with Crippen molar-refractivity contribution in [1.82, 2.24) is 5.32 Å². The molecule has 3 N–H and O–H groups in total. The second kappa shape index (κ2) is 6.18. The summed E-state index contributed by atoms with van der Waals surface area (Å²) in [5.41, 5.74) is 0. The number of carboxylic acid groups (broad SMARTS) is 1. The molecule has 5 nitrogen and oxygen atoms in total. The molecule has 2 rings (SSSR count). The minimum Gasteiger partial charge on any atom is -0.481 e. The lowest BCUT2D eigenvalue weighted by molar-refractivity contribution is -0.148. The fourth-order valence-electron chi connectivity index (χ4n) is 3.37. The third kappa shape index (κ3) is 2.72. The van der Waals surface area contributed by atoms with E-state index in [2.05, 4.69) is 5.32 Å². The van der Waals surface area contributed by atoms with Crippen LogP contribution in [0.4, 0.5) is 0 Å². The first-order chi connectivity index (χ1) is 9.49. The number of hydrogen-bond donors (Lipinski definition) is 3. The van der Waals surface area contributed by atoms with Crippen LogP contribution >= 0.6 is 11.8 Å². The Morgan fingerprint density at radius 3 is 2.45 bits per heavy atom. The van der Waals surface area contributed by atoms with Gasteiger partial charge in [-0.05, 0) is 31.4 Å². The summed E-state index contributed by atoms with van der Waals surface area (Å²) < 4.78 is 0. The van der Waals surface area contributed by atoms with E-state index < -0.39 is 17.8 Å². The van der Waals surface area contributed by atoms with Crippen LogP contribution in [0.2, 0.25) is 0 Å². The van der Waals surface area contributed by atoms with E-state index in [9.17, 15) is 19.8 Å². The molecule has 0 aromatic rings. The SMILES string of the molecule is CSC(CO)C(C)NC(=O)[C@H]1C2C=CC(C2)[C@H]1C(=O)O. The molecular weight excluding hydrogens is 278 g/mol. The van der Waals surface area contributed by atoms with Crippen LogP contribution < -0.4 is 5.32 Å². The predicted molar refractivity (Wildman–Crippen MR) is 77.3 cm³/mol. The average Bonchev–Trinajstić information content (AvgIpc) is 2.99. The lowest BCUT2D eigenvalue weighted by Crippen LogP contribution is -2.47. The predicted octanol–water partition coefficient (Wildman–Crippen LogP) is 0.738. The molecule has 0 spiro atoms. The van der Waals surface area contributed by atoms with Crippen LogP contribution in [0.15, 0.2) is 12.2 Å². The number of hydrogen-bond acceptors (Lipinski definition) is 4. The van der Waals surface area contributed by atoms with E-state index in [1.165, 1.54) is 11.8 Å². The zero-order chi connectivity index (χ0) is 14.9. The number of carboxylic acids is 1. The zero-order valence-electron chi connectivity index (χ0n) is 11.7. The van der Waals surface area contributed by atoms with Gasteiger partial charge in [0.15, 0.2) is 0 Å².